The van der Waals surface area contributed by atoms with Crippen molar-refractivity contribution < 1.29 is 10.2 Å². The molecule has 0 aliphatic rings. The third-order valence-corrected chi connectivity index (χ3v) is 5.05. The van der Waals surface area contributed by atoms with Crippen molar-refractivity contribution in [1.82, 2.24) is 5.32 Å². The highest BCUT2D eigenvalue weighted by molar-refractivity contribution is 4.59. The molecule has 0 aromatic carbocycles. The average molecular weight is 358 g/mol. The van der Waals surface area contributed by atoms with Gasteiger partial charge in [-0.1, -0.05) is 104 Å². The Bertz CT molecular complexity index is 224. The summed E-state index contributed by atoms with van der Waals surface area (Å²) in [4.78, 5) is 0. The Labute approximate surface area is 158 Å². The van der Waals surface area contributed by atoms with Crippen LogP contribution in [-0.2, 0) is 0 Å². The zero-order valence-corrected chi connectivity index (χ0v) is 17.3. The third kappa shape index (κ3) is 20.0. The first-order chi connectivity index (χ1) is 12.2. The van der Waals surface area contributed by atoms with Crippen LogP contribution in [0.3, 0.4) is 0 Å². The lowest BCUT2D eigenvalue weighted by molar-refractivity contribution is 0.0310. The number of nitrogens with one attached hydrogen (secondary N) is 1. The average Bonchev–Trinajstić information content (AvgIpc) is 2.59. The second-order valence-electron chi connectivity index (χ2n) is 7.73. The van der Waals surface area contributed by atoms with Crippen LogP contribution in [-0.4, -0.2) is 22.7 Å². The van der Waals surface area contributed by atoms with Crippen LogP contribution in [0.1, 0.15) is 129 Å². The van der Waals surface area contributed by atoms with Crippen molar-refractivity contribution in [2.24, 2.45) is 0 Å². The maximum absolute atomic E-state index is 9.94. The quantitative estimate of drug-likeness (QED) is 0.178. The first-order valence-electron chi connectivity index (χ1n) is 11.3. The summed E-state index contributed by atoms with van der Waals surface area (Å²) in [6.07, 6.45) is 20.9. The van der Waals surface area contributed by atoms with Gasteiger partial charge in [0.05, 0.1) is 0 Å². The van der Waals surface area contributed by atoms with Gasteiger partial charge in [0.25, 0.3) is 0 Å². The monoisotopic (exact) mass is 357 g/mol. The standard InChI is InChI=1S/C22H47NO2/c1-3-5-7-9-11-13-15-17-19-21(24)23-22(25)20-18-16-14-12-10-8-6-4-2/h21-25H,3-20H2,1-2H3. The number of hydrogen-bond donors (Lipinski definition) is 3. The normalized spacial score (nSPS) is 13.9. The fourth-order valence-corrected chi connectivity index (χ4v) is 3.33. The van der Waals surface area contributed by atoms with E-state index in [4.69, 9.17) is 0 Å². The first-order valence-corrected chi connectivity index (χ1v) is 11.3. The minimum absolute atomic E-state index is 0.552. The zero-order chi connectivity index (χ0) is 18.6. The van der Waals surface area contributed by atoms with E-state index in [2.05, 4.69) is 19.2 Å². The van der Waals surface area contributed by atoms with Crippen molar-refractivity contribution >= 4 is 0 Å². The molecule has 0 rings (SSSR count). The summed E-state index contributed by atoms with van der Waals surface area (Å²) in [5.41, 5.74) is 0. The van der Waals surface area contributed by atoms with Crippen molar-refractivity contribution in [3.8, 4) is 0 Å². The lowest BCUT2D eigenvalue weighted by Gasteiger charge is -2.18. The Hall–Kier alpha value is -0.120. The smallest absolute Gasteiger partial charge is 0.106 e. The predicted octanol–water partition coefficient (Wildman–Crippen LogP) is 6.27. The summed E-state index contributed by atoms with van der Waals surface area (Å²) in [5.74, 6) is 0. The molecule has 0 aromatic rings. The second-order valence-corrected chi connectivity index (χ2v) is 7.73. The van der Waals surface area contributed by atoms with Crippen molar-refractivity contribution in [2.75, 3.05) is 0 Å². The number of rotatable bonds is 20. The van der Waals surface area contributed by atoms with E-state index in [1.165, 1.54) is 89.9 Å². The van der Waals surface area contributed by atoms with Gasteiger partial charge in [-0.15, -0.1) is 0 Å². The van der Waals surface area contributed by atoms with Crippen LogP contribution < -0.4 is 5.32 Å². The van der Waals surface area contributed by atoms with Gasteiger partial charge in [-0.25, -0.2) is 0 Å². The molecule has 3 heteroatoms. The minimum Gasteiger partial charge on any atom is -0.379 e. The molecule has 0 heterocycles. The fourth-order valence-electron chi connectivity index (χ4n) is 3.33. The molecule has 0 aliphatic carbocycles. The highest BCUT2D eigenvalue weighted by Gasteiger charge is 2.09. The Balaban J connectivity index is 3.31. The van der Waals surface area contributed by atoms with Crippen LogP contribution in [0.4, 0.5) is 0 Å². The van der Waals surface area contributed by atoms with Crippen LogP contribution in [0.25, 0.3) is 0 Å². The van der Waals surface area contributed by atoms with Crippen molar-refractivity contribution in [1.29, 1.82) is 0 Å². The van der Waals surface area contributed by atoms with E-state index >= 15 is 0 Å². The summed E-state index contributed by atoms with van der Waals surface area (Å²) in [6, 6.07) is 0. The second kappa shape index (κ2) is 20.2. The van der Waals surface area contributed by atoms with Crippen molar-refractivity contribution in [3.63, 3.8) is 0 Å². The molecule has 0 spiro atoms. The molecule has 2 unspecified atom stereocenters. The van der Waals surface area contributed by atoms with E-state index in [0.717, 1.165) is 25.7 Å². The van der Waals surface area contributed by atoms with E-state index in [0.29, 0.717) is 0 Å². The summed E-state index contributed by atoms with van der Waals surface area (Å²) in [7, 11) is 0. The molecular weight excluding hydrogens is 310 g/mol. The molecule has 0 saturated heterocycles. The maximum Gasteiger partial charge on any atom is 0.106 e. The summed E-state index contributed by atoms with van der Waals surface area (Å²) < 4.78 is 0. The summed E-state index contributed by atoms with van der Waals surface area (Å²) in [5, 5.41) is 22.8. The van der Waals surface area contributed by atoms with Gasteiger partial charge in [0.2, 0.25) is 0 Å². The zero-order valence-electron chi connectivity index (χ0n) is 17.3. The van der Waals surface area contributed by atoms with E-state index < -0.39 is 12.5 Å². The molecule has 3 nitrogen and oxygen atoms in total. The number of unbranched alkanes of at least 4 members (excludes halogenated alkanes) is 14. The highest BCUT2D eigenvalue weighted by atomic mass is 16.3. The number of aliphatic hydroxyl groups excluding tert-OH is 2. The van der Waals surface area contributed by atoms with Gasteiger partial charge in [-0.2, -0.15) is 0 Å². The van der Waals surface area contributed by atoms with Crippen LogP contribution in [0.2, 0.25) is 0 Å². The molecule has 0 bridgehead atoms. The predicted molar refractivity (Wildman–Crippen MR) is 110 cm³/mol. The van der Waals surface area contributed by atoms with Gasteiger partial charge in [-0.05, 0) is 25.7 Å². The molecular formula is C22H47NO2. The molecule has 0 amide bonds. The Morgan fingerprint density at radius 2 is 0.760 bits per heavy atom. The van der Waals surface area contributed by atoms with Gasteiger partial charge in [0.1, 0.15) is 12.5 Å². The van der Waals surface area contributed by atoms with Gasteiger partial charge in [0.15, 0.2) is 0 Å². The molecule has 0 aromatic heterocycles. The molecule has 0 aliphatic heterocycles. The summed E-state index contributed by atoms with van der Waals surface area (Å²) >= 11 is 0. The fraction of sp³-hybridized carbons (Fsp3) is 1.00. The minimum atomic E-state index is -0.552. The van der Waals surface area contributed by atoms with E-state index in [1.807, 2.05) is 0 Å². The third-order valence-electron chi connectivity index (χ3n) is 5.05. The molecule has 0 radical (unpaired) electrons. The van der Waals surface area contributed by atoms with Gasteiger partial charge >= 0.3 is 0 Å². The van der Waals surface area contributed by atoms with Gasteiger partial charge in [-0.3, -0.25) is 5.32 Å². The molecule has 25 heavy (non-hydrogen) atoms. The molecule has 2 atom stereocenters. The maximum atomic E-state index is 9.94. The molecule has 0 fully saturated rings. The first kappa shape index (κ1) is 24.9. The summed E-state index contributed by atoms with van der Waals surface area (Å²) in [6.45, 7) is 4.49. The molecule has 0 saturated carbocycles. The van der Waals surface area contributed by atoms with Crippen molar-refractivity contribution in [2.45, 2.75) is 142 Å². The molecule has 3 N–H and O–H groups in total. The van der Waals surface area contributed by atoms with Crippen LogP contribution in [0, 0.1) is 0 Å². The number of aliphatic hydroxyl groups is 2. The Morgan fingerprint density at radius 3 is 1.08 bits per heavy atom. The van der Waals surface area contributed by atoms with E-state index in [9.17, 15) is 10.2 Å². The Morgan fingerprint density at radius 1 is 0.480 bits per heavy atom. The van der Waals surface area contributed by atoms with Crippen molar-refractivity contribution in [3.05, 3.63) is 0 Å². The van der Waals surface area contributed by atoms with E-state index in [1.54, 1.807) is 0 Å². The van der Waals surface area contributed by atoms with E-state index in [-0.39, 0.29) is 0 Å². The molecule has 152 valence electrons. The number of hydrogen-bond acceptors (Lipinski definition) is 3. The lowest BCUT2D eigenvalue weighted by Crippen LogP contribution is -2.38. The van der Waals surface area contributed by atoms with Crippen LogP contribution in [0.15, 0.2) is 0 Å². The highest BCUT2D eigenvalue weighted by Crippen LogP contribution is 2.12. The lowest BCUT2D eigenvalue weighted by atomic mass is 10.1. The topological polar surface area (TPSA) is 52.5 Å². The largest absolute Gasteiger partial charge is 0.379 e. The Kier molecular flexibility index (Phi) is 20.1. The van der Waals surface area contributed by atoms with Gasteiger partial charge in [0, 0.05) is 0 Å². The van der Waals surface area contributed by atoms with Crippen LogP contribution in [0.5, 0.6) is 0 Å². The van der Waals surface area contributed by atoms with Gasteiger partial charge < -0.3 is 10.2 Å². The van der Waals surface area contributed by atoms with Crippen LogP contribution >= 0.6 is 0 Å². The SMILES string of the molecule is CCCCCCCCCCC(O)NC(O)CCCCCCCCCC.